The highest BCUT2D eigenvalue weighted by Gasteiger charge is 2.23. The van der Waals surface area contributed by atoms with E-state index in [2.05, 4.69) is 9.97 Å². The maximum Gasteiger partial charge on any atom is 0.342 e. The van der Waals surface area contributed by atoms with Crippen molar-refractivity contribution in [1.82, 2.24) is 9.97 Å². The molecule has 3 rings (SSSR count). The molecule has 2 aromatic carbocycles. The Hall–Kier alpha value is -4.21. The molecule has 10 nitrogen and oxygen atoms in total. The molecule has 0 unspecified atom stereocenters. The number of aromatic nitrogens is 2. The van der Waals surface area contributed by atoms with Crippen LogP contribution >= 0.6 is 0 Å². The van der Waals surface area contributed by atoms with Gasteiger partial charge in [0.25, 0.3) is 11.4 Å². The van der Waals surface area contributed by atoms with Crippen molar-refractivity contribution in [3.63, 3.8) is 0 Å². The van der Waals surface area contributed by atoms with Gasteiger partial charge in [0.2, 0.25) is 0 Å². The molecule has 0 bridgehead atoms. The Labute approximate surface area is 170 Å². The minimum Gasteiger partial charge on any atom is -0.462 e. The van der Waals surface area contributed by atoms with Crippen molar-refractivity contribution >= 4 is 17.3 Å². The summed E-state index contributed by atoms with van der Waals surface area (Å²) in [4.78, 5) is 42.5. The number of hydrogen-bond donors (Lipinski definition) is 0. The predicted molar refractivity (Wildman–Crippen MR) is 107 cm³/mol. The first-order chi connectivity index (χ1) is 14.3. The van der Waals surface area contributed by atoms with Gasteiger partial charge in [0.1, 0.15) is 5.56 Å². The highest BCUT2D eigenvalue weighted by atomic mass is 16.6. The molecule has 0 aliphatic rings. The molecule has 152 valence electrons. The fourth-order valence-corrected chi connectivity index (χ4v) is 2.88. The molecule has 3 aromatic rings. The van der Waals surface area contributed by atoms with Crippen molar-refractivity contribution in [3.8, 4) is 22.6 Å². The minimum absolute atomic E-state index is 0.0755. The smallest absolute Gasteiger partial charge is 0.342 e. The number of esters is 1. The highest BCUT2D eigenvalue weighted by molar-refractivity contribution is 5.97. The summed E-state index contributed by atoms with van der Waals surface area (Å²) in [5.41, 5.74) is 0.888. The second-order valence-corrected chi connectivity index (χ2v) is 6.19. The van der Waals surface area contributed by atoms with Crippen LogP contribution in [-0.4, -0.2) is 32.4 Å². The van der Waals surface area contributed by atoms with E-state index in [-0.39, 0.29) is 40.8 Å². The van der Waals surface area contributed by atoms with Crippen molar-refractivity contribution in [1.29, 1.82) is 0 Å². The zero-order chi connectivity index (χ0) is 21.8. The van der Waals surface area contributed by atoms with Gasteiger partial charge in [-0.25, -0.2) is 14.8 Å². The topological polar surface area (TPSA) is 138 Å². The number of hydrogen-bond acceptors (Lipinski definition) is 8. The van der Waals surface area contributed by atoms with Crippen molar-refractivity contribution in [3.05, 3.63) is 80.0 Å². The Bertz CT molecular complexity index is 1160. The van der Waals surface area contributed by atoms with Crippen LogP contribution in [0.4, 0.5) is 11.4 Å². The quantitative estimate of drug-likeness (QED) is 0.337. The lowest BCUT2D eigenvalue weighted by atomic mass is 10.0. The van der Waals surface area contributed by atoms with Gasteiger partial charge in [0.05, 0.1) is 27.8 Å². The lowest BCUT2D eigenvalue weighted by Gasteiger charge is -2.13. The summed E-state index contributed by atoms with van der Waals surface area (Å²) in [6.07, 6.45) is 0. The molecule has 1 heterocycles. The number of non-ortho nitro benzene ring substituents is 2. The number of aryl methyl sites for hydroxylation is 1. The maximum atomic E-state index is 12.5. The molecule has 0 atom stereocenters. The summed E-state index contributed by atoms with van der Waals surface area (Å²) in [6.45, 7) is 3.35. The molecule has 0 saturated carbocycles. The molecule has 0 fully saturated rings. The fourth-order valence-electron chi connectivity index (χ4n) is 2.88. The van der Waals surface area contributed by atoms with Gasteiger partial charge in [-0.2, -0.15) is 0 Å². The fraction of sp³-hybridized carbons (Fsp3) is 0.150. The number of rotatable bonds is 6. The van der Waals surface area contributed by atoms with Gasteiger partial charge in [0.15, 0.2) is 5.82 Å². The van der Waals surface area contributed by atoms with Gasteiger partial charge in [-0.05, 0) is 13.8 Å². The first kappa shape index (κ1) is 20.5. The Morgan fingerprint density at radius 2 is 1.53 bits per heavy atom. The summed E-state index contributed by atoms with van der Waals surface area (Å²) in [6, 6.07) is 11.4. The molecule has 0 N–H and O–H groups in total. The van der Waals surface area contributed by atoms with E-state index in [4.69, 9.17) is 4.74 Å². The number of benzene rings is 2. The van der Waals surface area contributed by atoms with E-state index in [9.17, 15) is 25.0 Å². The van der Waals surface area contributed by atoms with Crippen LogP contribution in [0.1, 0.15) is 23.0 Å². The Balaban J connectivity index is 2.26. The molecule has 0 aliphatic heterocycles. The maximum absolute atomic E-state index is 12.5. The Kier molecular flexibility index (Phi) is 5.77. The molecule has 30 heavy (non-hydrogen) atoms. The highest BCUT2D eigenvalue weighted by Crippen LogP contribution is 2.30. The monoisotopic (exact) mass is 408 g/mol. The van der Waals surface area contributed by atoms with Crippen LogP contribution in [0.25, 0.3) is 22.6 Å². The van der Waals surface area contributed by atoms with E-state index in [0.29, 0.717) is 11.1 Å². The molecule has 0 spiro atoms. The van der Waals surface area contributed by atoms with Crippen LogP contribution < -0.4 is 0 Å². The molecule has 0 aliphatic carbocycles. The molecular formula is C20H16N4O6. The normalized spacial score (nSPS) is 10.5. The number of nitrogens with zero attached hydrogens (tertiary/aromatic N) is 4. The first-order valence-corrected chi connectivity index (χ1v) is 8.87. The van der Waals surface area contributed by atoms with E-state index in [0.717, 1.165) is 0 Å². The summed E-state index contributed by atoms with van der Waals surface area (Å²) in [7, 11) is 0. The molecule has 0 saturated heterocycles. The zero-order valence-electron chi connectivity index (χ0n) is 16.1. The van der Waals surface area contributed by atoms with Crippen molar-refractivity contribution in [2.75, 3.05) is 6.61 Å². The van der Waals surface area contributed by atoms with Crippen LogP contribution in [-0.2, 0) is 4.74 Å². The van der Waals surface area contributed by atoms with Crippen LogP contribution in [0, 0.1) is 27.2 Å². The van der Waals surface area contributed by atoms with Gasteiger partial charge in [-0.3, -0.25) is 20.2 Å². The number of carbonyl (C=O) groups excluding carboxylic acids is 1. The van der Waals surface area contributed by atoms with Crippen molar-refractivity contribution in [2.24, 2.45) is 0 Å². The molecule has 0 amide bonds. The van der Waals surface area contributed by atoms with Crippen LogP contribution in [0.3, 0.4) is 0 Å². The van der Waals surface area contributed by atoms with Gasteiger partial charge < -0.3 is 4.74 Å². The summed E-state index contributed by atoms with van der Waals surface area (Å²) in [5.74, 6) is -0.521. The van der Waals surface area contributed by atoms with Gasteiger partial charge in [0, 0.05) is 35.4 Å². The Morgan fingerprint density at radius 1 is 0.967 bits per heavy atom. The van der Waals surface area contributed by atoms with E-state index in [1.54, 1.807) is 26.0 Å². The number of carbonyl (C=O) groups is 1. The largest absolute Gasteiger partial charge is 0.462 e. The average Bonchev–Trinajstić information content (AvgIpc) is 2.73. The van der Waals surface area contributed by atoms with E-state index in [1.165, 1.54) is 36.4 Å². The lowest BCUT2D eigenvalue weighted by Crippen LogP contribution is -2.12. The predicted octanol–water partition coefficient (Wildman–Crippen LogP) is 4.11. The van der Waals surface area contributed by atoms with Gasteiger partial charge >= 0.3 is 5.97 Å². The standard InChI is InChI=1S/C20H16N4O6/c1-3-30-20(25)17-12(2)21-19(14-7-5-9-16(11-14)24(28)29)22-18(17)13-6-4-8-15(10-13)23(26)27/h4-11H,3H2,1-2H3. The summed E-state index contributed by atoms with van der Waals surface area (Å²) < 4.78 is 5.10. The number of nitro groups is 2. The van der Waals surface area contributed by atoms with E-state index in [1.807, 2.05) is 0 Å². The van der Waals surface area contributed by atoms with Gasteiger partial charge in [-0.15, -0.1) is 0 Å². The van der Waals surface area contributed by atoms with Crippen LogP contribution in [0.2, 0.25) is 0 Å². The van der Waals surface area contributed by atoms with E-state index >= 15 is 0 Å². The number of nitro benzene ring substituents is 2. The second-order valence-electron chi connectivity index (χ2n) is 6.19. The summed E-state index contributed by atoms with van der Waals surface area (Å²) >= 11 is 0. The SMILES string of the molecule is CCOC(=O)c1c(C)nc(-c2cccc([N+](=O)[O-])c2)nc1-c1cccc([N+](=O)[O-])c1. The molecule has 0 radical (unpaired) electrons. The average molecular weight is 408 g/mol. The van der Waals surface area contributed by atoms with Crippen molar-refractivity contribution in [2.45, 2.75) is 13.8 Å². The lowest BCUT2D eigenvalue weighted by molar-refractivity contribution is -0.385. The second kappa shape index (κ2) is 8.43. The van der Waals surface area contributed by atoms with Crippen LogP contribution in [0.15, 0.2) is 48.5 Å². The van der Waals surface area contributed by atoms with Crippen LogP contribution in [0.5, 0.6) is 0 Å². The van der Waals surface area contributed by atoms with Gasteiger partial charge in [-0.1, -0.05) is 24.3 Å². The van der Waals surface area contributed by atoms with Crippen molar-refractivity contribution < 1.29 is 19.4 Å². The molecule has 1 aromatic heterocycles. The third kappa shape index (κ3) is 4.12. The third-order valence-electron chi connectivity index (χ3n) is 4.22. The Morgan fingerprint density at radius 3 is 2.10 bits per heavy atom. The van der Waals surface area contributed by atoms with E-state index < -0.39 is 15.8 Å². The third-order valence-corrected chi connectivity index (χ3v) is 4.22. The first-order valence-electron chi connectivity index (χ1n) is 8.87. The zero-order valence-corrected chi connectivity index (χ0v) is 16.1. The molecular weight excluding hydrogens is 392 g/mol. The number of ether oxygens (including phenoxy) is 1. The minimum atomic E-state index is -0.665. The summed E-state index contributed by atoms with van der Waals surface area (Å²) in [5, 5.41) is 22.3. The molecule has 10 heteroatoms.